The fourth-order valence-corrected chi connectivity index (χ4v) is 3.94. The normalized spacial score (nSPS) is 15.5. The van der Waals surface area contributed by atoms with Crippen molar-refractivity contribution < 1.29 is 0 Å². The molecule has 0 unspecified atom stereocenters. The van der Waals surface area contributed by atoms with Crippen molar-refractivity contribution in [3.8, 4) is 0 Å². The van der Waals surface area contributed by atoms with E-state index in [-0.39, 0.29) is 0 Å². The molecule has 112 valence electrons. The highest BCUT2D eigenvalue weighted by Crippen LogP contribution is 2.26. The number of pyridine rings is 1. The summed E-state index contributed by atoms with van der Waals surface area (Å²) in [5, 5.41) is 4.32. The molecule has 6 heteroatoms. The Bertz CT molecular complexity index is 782. The number of anilines is 2. The van der Waals surface area contributed by atoms with Gasteiger partial charge in [-0.2, -0.15) is 0 Å². The van der Waals surface area contributed by atoms with Crippen LogP contribution < -0.4 is 9.80 Å². The number of piperazine rings is 1. The van der Waals surface area contributed by atoms with Crippen LogP contribution >= 0.6 is 27.3 Å². The average Bonchev–Trinajstić information content (AvgIpc) is 3.10. The van der Waals surface area contributed by atoms with Gasteiger partial charge in [0.15, 0.2) is 5.13 Å². The van der Waals surface area contributed by atoms with Gasteiger partial charge in [-0.15, -0.1) is 11.3 Å². The molecule has 1 fully saturated rings. The van der Waals surface area contributed by atoms with E-state index in [1.165, 1.54) is 5.39 Å². The lowest BCUT2D eigenvalue weighted by Crippen LogP contribution is -2.46. The minimum absolute atomic E-state index is 0.975. The van der Waals surface area contributed by atoms with E-state index >= 15 is 0 Å². The Kier molecular flexibility index (Phi) is 3.72. The van der Waals surface area contributed by atoms with Gasteiger partial charge in [0.25, 0.3) is 0 Å². The fourth-order valence-electron chi connectivity index (χ4n) is 2.78. The Morgan fingerprint density at radius 2 is 1.82 bits per heavy atom. The Morgan fingerprint density at radius 3 is 2.59 bits per heavy atom. The topological polar surface area (TPSA) is 32.3 Å². The summed E-state index contributed by atoms with van der Waals surface area (Å²) in [6.45, 7) is 3.93. The van der Waals surface area contributed by atoms with E-state index in [0.717, 1.165) is 47.1 Å². The van der Waals surface area contributed by atoms with Crippen molar-refractivity contribution in [2.75, 3.05) is 36.0 Å². The van der Waals surface area contributed by atoms with E-state index in [1.807, 2.05) is 23.7 Å². The number of para-hydroxylation sites is 1. The third-order valence-electron chi connectivity index (χ3n) is 3.95. The number of fused-ring (bicyclic) bond motifs is 1. The van der Waals surface area contributed by atoms with Crippen LogP contribution in [0.4, 0.5) is 10.9 Å². The molecular formula is C16H15BrN4S. The first-order chi connectivity index (χ1) is 10.8. The zero-order chi connectivity index (χ0) is 14.9. The van der Waals surface area contributed by atoms with Crippen LogP contribution in [0.5, 0.6) is 0 Å². The lowest BCUT2D eigenvalue weighted by atomic mass is 10.2. The maximum atomic E-state index is 4.83. The molecule has 1 aliphatic heterocycles. The molecule has 0 atom stereocenters. The highest BCUT2D eigenvalue weighted by Gasteiger charge is 2.19. The predicted octanol–water partition coefficient (Wildman–Crippen LogP) is 3.78. The standard InChI is InChI=1S/C16H15BrN4S/c17-13-3-1-2-12-4-5-14(19-15(12)13)20-7-9-21(10-8-20)16-18-6-11-22-16/h1-6,11H,7-10H2. The van der Waals surface area contributed by atoms with Crippen LogP contribution in [-0.2, 0) is 0 Å². The molecule has 1 saturated heterocycles. The summed E-state index contributed by atoms with van der Waals surface area (Å²) in [4.78, 5) is 13.9. The zero-order valence-corrected chi connectivity index (χ0v) is 14.3. The summed E-state index contributed by atoms with van der Waals surface area (Å²) in [5.74, 6) is 1.05. The molecule has 1 aromatic carbocycles. The molecule has 0 amide bonds. The molecule has 0 bridgehead atoms. The number of halogens is 1. The first-order valence-electron chi connectivity index (χ1n) is 7.26. The van der Waals surface area contributed by atoms with E-state index in [4.69, 9.17) is 4.98 Å². The molecule has 3 aromatic rings. The van der Waals surface area contributed by atoms with Crippen LogP contribution in [-0.4, -0.2) is 36.1 Å². The van der Waals surface area contributed by atoms with E-state index in [2.05, 4.69) is 48.9 Å². The maximum absolute atomic E-state index is 4.83. The minimum Gasteiger partial charge on any atom is -0.353 e. The second-order valence-corrected chi connectivity index (χ2v) is 7.00. The Labute approximate surface area is 141 Å². The van der Waals surface area contributed by atoms with Crippen molar-refractivity contribution in [1.82, 2.24) is 9.97 Å². The predicted molar refractivity (Wildman–Crippen MR) is 96.0 cm³/mol. The minimum atomic E-state index is 0.975. The third kappa shape index (κ3) is 2.57. The lowest BCUT2D eigenvalue weighted by molar-refractivity contribution is 0.647. The Morgan fingerprint density at radius 1 is 1.00 bits per heavy atom. The van der Waals surface area contributed by atoms with Crippen molar-refractivity contribution >= 4 is 49.1 Å². The smallest absolute Gasteiger partial charge is 0.185 e. The van der Waals surface area contributed by atoms with Crippen LogP contribution in [0.25, 0.3) is 10.9 Å². The van der Waals surface area contributed by atoms with Crippen LogP contribution in [0.15, 0.2) is 46.4 Å². The molecule has 0 saturated carbocycles. The van der Waals surface area contributed by atoms with Gasteiger partial charge in [-0.25, -0.2) is 9.97 Å². The Balaban J connectivity index is 1.55. The van der Waals surface area contributed by atoms with Gasteiger partial charge in [0.05, 0.1) is 5.52 Å². The zero-order valence-electron chi connectivity index (χ0n) is 11.9. The van der Waals surface area contributed by atoms with Crippen molar-refractivity contribution in [2.24, 2.45) is 0 Å². The Hall–Kier alpha value is -1.66. The second-order valence-electron chi connectivity index (χ2n) is 5.27. The molecule has 1 aliphatic rings. The number of hydrogen-bond acceptors (Lipinski definition) is 5. The van der Waals surface area contributed by atoms with Crippen LogP contribution in [0.3, 0.4) is 0 Å². The highest BCUT2D eigenvalue weighted by atomic mass is 79.9. The van der Waals surface area contributed by atoms with E-state index in [1.54, 1.807) is 11.3 Å². The van der Waals surface area contributed by atoms with Gasteiger partial charge in [0, 0.05) is 47.6 Å². The average molecular weight is 375 g/mol. The summed E-state index contributed by atoms with van der Waals surface area (Å²) in [6, 6.07) is 10.4. The van der Waals surface area contributed by atoms with Crippen LogP contribution in [0.1, 0.15) is 0 Å². The largest absolute Gasteiger partial charge is 0.353 e. The van der Waals surface area contributed by atoms with Crippen molar-refractivity contribution in [3.05, 3.63) is 46.4 Å². The van der Waals surface area contributed by atoms with E-state index in [9.17, 15) is 0 Å². The first kappa shape index (κ1) is 14.0. The van der Waals surface area contributed by atoms with Gasteiger partial charge in [-0.1, -0.05) is 12.1 Å². The lowest BCUT2D eigenvalue weighted by Gasteiger charge is -2.35. The second kappa shape index (κ2) is 5.85. The molecule has 4 rings (SSSR count). The fraction of sp³-hybridized carbons (Fsp3) is 0.250. The quantitative estimate of drug-likeness (QED) is 0.683. The first-order valence-corrected chi connectivity index (χ1v) is 8.93. The number of benzene rings is 1. The van der Waals surface area contributed by atoms with Crippen molar-refractivity contribution in [3.63, 3.8) is 0 Å². The van der Waals surface area contributed by atoms with Gasteiger partial charge in [0.2, 0.25) is 0 Å². The van der Waals surface area contributed by atoms with E-state index < -0.39 is 0 Å². The van der Waals surface area contributed by atoms with Crippen molar-refractivity contribution in [2.45, 2.75) is 0 Å². The molecule has 4 nitrogen and oxygen atoms in total. The van der Waals surface area contributed by atoms with Crippen LogP contribution in [0.2, 0.25) is 0 Å². The molecule has 3 heterocycles. The molecule has 22 heavy (non-hydrogen) atoms. The summed E-state index contributed by atoms with van der Waals surface area (Å²) < 4.78 is 1.05. The summed E-state index contributed by atoms with van der Waals surface area (Å²) in [6.07, 6.45) is 1.87. The summed E-state index contributed by atoms with van der Waals surface area (Å²) in [7, 11) is 0. The monoisotopic (exact) mass is 374 g/mol. The number of thiazole rings is 1. The van der Waals surface area contributed by atoms with Gasteiger partial charge >= 0.3 is 0 Å². The van der Waals surface area contributed by atoms with Crippen LogP contribution in [0, 0.1) is 0 Å². The van der Waals surface area contributed by atoms with Gasteiger partial charge in [-0.05, 0) is 34.1 Å². The third-order valence-corrected chi connectivity index (χ3v) is 5.42. The van der Waals surface area contributed by atoms with Crippen molar-refractivity contribution in [1.29, 1.82) is 0 Å². The van der Waals surface area contributed by atoms with Gasteiger partial charge in [0.1, 0.15) is 5.82 Å². The SMILES string of the molecule is Brc1cccc2ccc(N3CCN(c4nccs4)CC3)nc12. The van der Waals surface area contributed by atoms with E-state index in [0.29, 0.717) is 0 Å². The molecule has 0 radical (unpaired) electrons. The number of rotatable bonds is 2. The molecule has 2 aromatic heterocycles. The molecule has 0 N–H and O–H groups in total. The number of hydrogen-bond donors (Lipinski definition) is 0. The molecule has 0 aliphatic carbocycles. The molecular weight excluding hydrogens is 360 g/mol. The summed E-state index contributed by atoms with van der Waals surface area (Å²) >= 11 is 5.30. The number of nitrogens with zero attached hydrogens (tertiary/aromatic N) is 4. The van der Waals surface area contributed by atoms with Gasteiger partial charge < -0.3 is 9.80 Å². The summed E-state index contributed by atoms with van der Waals surface area (Å²) in [5.41, 5.74) is 1.03. The highest BCUT2D eigenvalue weighted by molar-refractivity contribution is 9.10. The number of aromatic nitrogens is 2. The molecule has 0 spiro atoms. The van der Waals surface area contributed by atoms with Gasteiger partial charge in [-0.3, -0.25) is 0 Å². The maximum Gasteiger partial charge on any atom is 0.185 e.